The third kappa shape index (κ3) is 5.81. The number of thiophene rings is 1. The van der Waals surface area contributed by atoms with Crippen molar-refractivity contribution >= 4 is 34.2 Å². The zero-order valence-corrected chi connectivity index (χ0v) is 21.3. The van der Waals surface area contributed by atoms with Crippen LogP contribution in [0.5, 0.6) is 0 Å². The molecule has 0 bridgehead atoms. The van der Waals surface area contributed by atoms with Crippen LogP contribution >= 0.6 is 11.3 Å². The molecule has 1 amide bonds. The Morgan fingerprint density at radius 1 is 0.675 bits per heavy atom. The number of nitrogens with one attached hydrogen (secondary N) is 1. The molecule has 0 fully saturated rings. The van der Waals surface area contributed by atoms with Crippen molar-refractivity contribution in [2.75, 3.05) is 5.32 Å². The fourth-order valence-electron chi connectivity index (χ4n) is 2.68. The second kappa shape index (κ2) is 10.9. The molecule has 0 saturated carbocycles. The fourth-order valence-corrected chi connectivity index (χ4v) is 3.75. The molecular weight excluding hydrogens is 613 g/mol. The number of hydrogen-bond donors (Lipinski definition) is 1. The van der Waals surface area contributed by atoms with Crippen molar-refractivity contribution in [3.05, 3.63) is 16.0 Å². The molecule has 0 aliphatic rings. The Kier molecular flexibility index (Phi) is 9.58. The Balaban J connectivity index is 3.66. The van der Waals surface area contributed by atoms with Gasteiger partial charge in [-0.15, -0.1) is 11.3 Å². The fraction of sp³-hybridized carbons (Fsp3) is 0.650. The normalized spacial score (nSPS) is 14.0. The molecule has 20 heteroatoms. The Morgan fingerprint density at radius 3 is 1.48 bits per heavy atom. The number of carbonyl (C=O) groups is 3. The van der Waals surface area contributed by atoms with Crippen LogP contribution in [0.25, 0.3) is 0 Å². The number of ether oxygens (including phenoxy) is 2. The molecule has 230 valence electrons. The minimum absolute atomic E-state index is 0.123. The maximum Gasteiger partial charge on any atom is 0.460 e. The average molecular weight is 631 g/mol. The Bertz CT molecular complexity index is 1140. The number of rotatable bonds is 10. The lowest BCUT2D eigenvalue weighted by molar-refractivity contribution is -0.435. The molecule has 40 heavy (non-hydrogen) atoms. The van der Waals surface area contributed by atoms with Gasteiger partial charge in [0.2, 0.25) is 0 Å². The second-order valence-electron chi connectivity index (χ2n) is 8.49. The zero-order chi connectivity index (χ0) is 32.0. The highest BCUT2D eigenvalue weighted by atomic mass is 32.1. The van der Waals surface area contributed by atoms with Crippen LogP contribution in [0.4, 0.5) is 62.1 Å². The predicted molar refractivity (Wildman–Crippen MR) is 110 cm³/mol. The van der Waals surface area contributed by atoms with Crippen molar-refractivity contribution in [2.45, 2.75) is 82.6 Å². The van der Waals surface area contributed by atoms with E-state index in [0.29, 0.717) is 0 Å². The minimum Gasteiger partial charge on any atom is -0.459 e. The van der Waals surface area contributed by atoms with Gasteiger partial charge in [-0.25, -0.2) is 9.59 Å². The van der Waals surface area contributed by atoms with Gasteiger partial charge >= 0.3 is 53.6 Å². The first kappa shape index (κ1) is 35.2. The van der Waals surface area contributed by atoms with Crippen LogP contribution in [0, 0.1) is 6.92 Å². The molecular formula is C20H18F13NO5S. The molecule has 0 aromatic carbocycles. The van der Waals surface area contributed by atoms with Gasteiger partial charge in [-0.2, -0.15) is 57.1 Å². The number of hydrogen-bond acceptors (Lipinski definition) is 6. The van der Waals surface area contributed by atoms with E-state index < -0.39 is 86.8 Å². The van der Waals surface area contributed by atoms with Crippen LogP contribution in [0.15, 0.2) is 0 Å². The van der Waals surface area contributed by atoms with E-state index in [1.165, 1.54) is 27.7 Å². The SMILES string of the molecule is Cc1c(C(=O)OC(C)C)sc(NC(=O)C(F)(F)C(F)(F)C(F)(F)C(F)(F)C(F)(F)C(F)(F)F)c1C(=O)OC(C)C. The molecule has 1 N–H and O–H groups in total. The number of halogens is 13. The van der Waals surface area contributed by atoms with E-state index in [0.717, 1.165) is 12.2 Å². The summed E-state index contributed by atoms with van der Waals surface area (Å²) in [6.07, 6.45) is -9.42. The second-order valence-corrected chi connectivity index (χ2v) is 9.51. The summed E-state index contributed by atoms with van der Waals surface area (Å²) in [5.41, 5.74) is -1.46. The first-order chi connectivity index (χ1) is 17.6. The molecule has 0 saturated heterocycles. The smallest absolute Gasteiger partial charge is 0.459 e. The predicted octanol–water partition coefficient (Wildman–Crippen LogP) is 6.86. The largest absolute Gasteiger partial charge is 0.460 e. The van der Waals surface area contributed by atoms with Gasteiger partial charge in [-0.05, 0) is 40.2 Å². The van der Waals surface area contributed by atoms with Crippen LogP contribution in [0.1, 0.15) is 53.3 Å². The van der Waals surface area contributed by atoms with E-state index in [9.17, 15) is 71.5 Å². The highest BCUT2D eigenvalue weighted by Gasteiger charge is 2.91. The van der Waals surface area contributed by atoms with Crippen molar-refractivity contribution in [2.24, 2.45) is 0 Å². The lowest BCUT2D eigenvalue weighted by Gasteiger charge is -2.39. The molecule has 0 atom stereocenters. The number of alkyl halides is 13. The van der Waals surface area contributed by atoms with Gasteiger partial charge in [0.1, 0.15) is 9.88 Å². The summed E-state index contributed by atoms with van der Waals surface area (Å²) in [4.78, 5) is 36.0. The number of amides is 1. The Morgan fingerprint density at radius 2 is 1.07 bits per heavy atom. The summed E-state index contributed by atoms with van der Waals surface area (Å²) >= 11 is -0.123. The Labute approximate surface area is 219 Å². The average Bonchev–Trinajstić information content (AvgIpc) is 3.07. The van der Waals surface area contributed by atoms with Crippen molar-refractivity contribution in [3.63, 3.8) is 0 Å². The highest BCUT2D eigenvalue weighted by molar-refractivity contribution is 7.18. The summed E-state index contributed by atoms with van der Waals surface area (Å²) in [6.45, 7) is 6.11. The van der Waals surface area contributed by atoms with Crippen molar-refractivity contribution in [1.29, 1.82) is 0 Å². The third-order valence-corrected chi connectivity index (χ3v) is 5.85. The topological polar surface area (TPSA) is 81.7 Å². The van der Waals surface area contributed by atoms with E-state index in [-0.39, 0.29) is 11.3 Å². The van der Waals surface area contributed by atoms with Gasteiger partial charge in [0.15, 0.2) is 0 Å². The van der Waals surface area contributed by atoms with Gasteiger partial charge in [-0.1, -0.05) is 0 Å². The molecule has 1 aromatic heterocycles. The Hall–Kier alpha value is -2.80. The molecule has 0 spiro atoms. The molecule has 6 nitrogen and oxygen atoms in total. The molecule has 0 unspecified atom stereocenters. The lowest BCUT2D eigenvalue weighted by Crippen LogP contribution is -2.71. The summed E-state index contributed by atoms with van der Waals surface area (Å²) in [7, 11) is 0. The summed E-state index contributed by atoms with van der Waals surface area (Å²) in [5.74, 6) is -45.8. The molecule has 0 aliphatic carbocycles. The van der Waals surface area contributed by atoms with Crippen LogP contribution < -0.4 is 5.32 Å². The van der Waals surface area contributed by atoms with Crippen LogP contribution in [0.2, 0.25) is 0 Å². The number of anilines is 1. The molecule has 0 aliphatic heterocycles. The van der Waals surface area contributed by atoms with Crippen LogP contribution in [-0.2, 0) is 14.3 Å². The van der Waals surface area contributed by atoms with Gasteiger partial charge in [0.05, 0.1) is 17.8 Å². The van der Waals surface area contributed by atoms with Crippen LogP contribution in [0.3, 0.4) is 0 Å². The standard InChI is InChI=1S/C20H18F13NO5S/c1-6(2)38-12(35)9-8(5)10(13(36)39-7(3)4)40-11(9)34-14(37)15(21,22)16(23,24)17(25,26)18(27,28)19(29,30)20(31,32)33/h6-7H,1-5H3,(H,34,37). The highest BCUT2D eigenvalue weighted by Crippen LogP contribution is 2.60. The van der Waals surface area contributed by atoms with Gasteiger partial charge in [0.25, 0.3) is 0 Å². The summed E-state index contributed by atoms with van der Waals surface area (Å²) < 4.78 is 183. The monoisotopic (exact) mass is 631 g/mol. The van der Waals surface area contributed by atoms with E-state index in [1.54, 1.807) is 0 Å². The first-order valence-electron chi connectivity index (χ1n) is 10.4. The van der Waals surface area contributed by atoms with Gasteiger partial charge in [0, 0.05) is 0 Å². The molecule has 0 radical (unpaired) electrons. The minimum atomic E-state index is -8.20. The quantitative estimate of drug-likeness (QED) is 0.225. The summed E-state index contributed by atoms with van der Waals surface area (Å²) in [6, 6.07) is 0. The van der Waals surface area contributed by atoms with E-state index in [4.69, 9.17) is 9.47 Å². The van der Waals surface area contributed by atoms with Gasteiger partial charge < -0.3 is 14.8 Å². The maximum absolute atomic E-state index is 14.3. The third-order valence-electron chi connectivity index (χ3n) is 4.67. The van der Waals surface area contributed by atoms with Crippen molar-refractivity contribution in [3.8, 4) is 0 Å². The summed E-state index contributed by atoms with van der Waals surface area (Å²) in [5, 5.41) is -0.442. The van der Waals surface area contributed by atoms with Crippen molar-refractivity contribution < 1.29 is 80.9 Å². The number of esters is 2. The molecule has 1 heterocycles. The van der Waals surface area contributed by atoms with Crippen molar-refractivity contribution in [1.82, 2.24) is 0 Å². The molecule has 1 aromatic rings. The van der Waals surface area contributed by atoms with E-state index in [1.807, 2.05) is 0 Å². The van der Waals surface area contributed by atoms with E-state index >= 15 is 0 Å². The maximum atomic E-state index is 14.3. The van der Waals surface area contributed by atoms with Crippen LogP contribution in [-0.4, -0.2) is 65.8 Å². The molecule has 1 rings (SSSR count). The van der Waals surface area contributed by atoms with E-state index in [2.05, 4.69) is 0 Å². The first-order valence-corrected chi connectivity index (χ1v) is 11.2. The van der Waals surface area contributed by atoms with Gasteiger partial charge in [-0.3, -0.25) is 4.79 Å². The lowest BCUT2D eigenvalue weighted by atomic mass is 9.93. The zero-order valence-electron chi connectivity index (χ0n) is 20.5. The number of carbonyl (C=O) groups excluding carboxylic acids is 3.